The maximum absolute atomic E-state index is 11.8. The number of para-hydroxylation sites is 2. The van der Waals surface area contributed by atoms with Crippen LogP contribution in [0, 0.1) is 0 Å². The Balaban J connectivity index is 1.60. The second-order valence-corrected chi connectivity index (χ2v) is 7.08. The maximum Gasteiger partial charge on any atom is 0.411 e. The number of aromatic nitrogens is 2. The number of aliphatic imine (C=N–C) groups is 1. The Morgan fingerprint density at radius 1 is 1.00 bits per heavy atom. The molecule has 1 aliphatic heterocycles. The summed E-state index contributed by atoms with van der Waals surface area (Å²) < 4.78 is 4.74. The molecule has 1 aliphatic rings. The molecule has 152 valence electrons. The van der Waals surface area contributed by atoms with Crippen LogP contribution in [0.1, 0.15) is 11.1 Å². The predicted octanol–water partition coefficient (Wildman–Crippen LogP) is 5.15. The van der Waals surface area contributed by atoms with Gasteiger partial charge in [-0.1, -0.05) is 30.3 Å². The van der Waals surface area contributed by atoms with Gasteiger partial charge in [0.05, 0.1) is 24.9 Å². The lowest BCUT2D eigenvalue weighted by Gasteiger charge is -2.14. The first-order chi connectivity index (χ1) is 15.2. The van der Waals surface area contributed by atoms with Crippen molar-refractivity contribution in [1.82, 2.24) is 9.97 Å². The number of carbonyl (C=O) groups is 1. The summed E-state index contributed by atoms with van der Waals surface area (Å²) in [6, 6.07) is 21.3. The van der Waals surface area contributed by atoms with Gasteiger partial charge in [0, 0.05) is 22.9 Å². The van der Waals surface area contributed by atoms with E-state index in [-0.39, 0.29) is 0 Å². The van der Waals surface area contributed by atoms with Gasteiger partial charge in [-0.15, -0.1) is 0 Å². The molecule has 0 atom stereocenters. The number of rotatable bonds is 4. The van der Waals surface area contributed by atoms with Crippen LogP contribution in [0.4, 0.5) is 22.0 Å². The van der Waals surface area contributed by atoms with E-state index in [0.29, 0.717) is 22.9 Å². The molecule has 7 heteroatoms. The highest BCUT2D eigenvalue weighted by atomic mass is 16.5. The first kappa shape index (κ1) is 18.7. The van der Waals surface area contributed by atoms with E-state index >= 15 is 0 Å². The summed E-state index contributed by atoms with van der Waals surface area (Å²) in [5, 5.41) is 7.06. The molecule has 4 aromatic rings. The molecule has 0 fully saturated rings. The van der Waals surface area contributed by atoms with Crippen molar-refractivity contribution in [2.75, 3.05) is 17.7 Å². The average molecular weight is 409 g/mol. The normalized spacial score (nSPS) is 11.9. The minimum Gasteiger partial charge on any atom is -0.453 e. The number of benzene rings is 3. The largest absolute Gasteiger partial charge is 0.453 e. The van der Waals surface area contributed by atoms with Crippen molar-refractivity contribution in [2.45, 2.75) is 6.54 Å². The first-order valence-electron chi connectivity index (χ1n) is 9.82. The lowest BCUT2D eigenvalue weighted by atomic mass is 10.1. The molecule has 1 aromatic heterocycles. The van der Waals surface area contributed by atoms with Crippen LogP contribution in [0.25, 0.3) is 22.3 Å². The molecule has 0 saturated heterocycles. The summed E-state index contributed by atoms with van der Waals surface area (Å²) in [5.41, 5.74) is 5.30. The lowest BCUT2D eigenvalue weighted by Crippen LogP contribution is -2.12. The number of methoxy groups -OCH3 is 1. The van der Waals surface area contributed by atoms with Crippen LogP contribution < -0.4 is 10.6 Å². The molecule has 0 aliphatic carbocycles. The zero-order chi connectivity index (χ0) is 21.2. The summed E-state index contributed by atoms with van der Waals surface area (Å²) in [5.74, 6) is 1.18. The third-order valence-electron chi connectivity index (χ3n) is 5.09. The molecular formula is C24H19N5O2. The number of carbonyl (C=O) groups excluding carboxylic acids is 1. The Hall–Kier alpha value is -4.26. The topological polar surface area (TPSA) is 88.5 Å². The second-order valence-electron chi connectivity index (χ2n) is 7.08. The molecule has 0 unspecified atom stereocenters. The minimum absolute atomic E-state index is 0.496. The van der Waals surface area contributed by atoms with Crippen LogP contribution in [0.2, 0.25) is 0 Å². The van der Waals surface area contributed by atoms with E-state index in [1.54, 1.807) is 6.07 Å². The average Bonchev–Trinajstić information content (AvgIpc) is 3.27. The number of nitrogens with one attached hydrogen (secondary N) is 2. The van der Waals surface area contributed by atoms with Crippen LogP contribution in [-0.4, -0.2) is 29.4 Å². The monoisotopic (exact) mass is 409 g/mol. The molecule has 0 bridgehead atoms. The fourth-order valence-corrected chi connectivity index (χ4v) is 3.56. The van der Waals surface area contributed by atoms with Crippen LogP contribution in [-0.2, 0) is 11.3 Å². The summed E-state index contributed by atoms with van der Waals surface area (Å²) in [4.78, 5) is 25.6. The number of ether oxygens (including phenoxy) is 1. The van der Waals surface area contributed by atoms with E-state index in [4.69, 9.17) is 14.7 Å². The summed E-state index contributed by atoms with van der Waals surface area (Å²) in [6.45, 7) is 0.722. The molecule has 2 heterocycles. The van der Waals surface area contributed by atoms with Crippen molar-refractivity contribution in [3.63, 3.8) is 0 Å². The lowest BCUT2D eigenvalue weighted by molar-refractivity contribution is 0.187. The molecule has 0 saturated carbocycles. The van der Waals surface area contributed by atoms with Crippen molar-refractivity contribution >= 4 is 40.4 Å². The van der Waals surface area contributed by atoms with Gasteiger partial charge >= 0.3 is 6.09 Å². The van der Waals surface area contributed by atoms with Gasteiger partial charge in [-0.05, 0) is 47.5 Å². The van der Waals surface area contributed by atoms with Crippen molar-refractivity contribution in [3.8, 4) is 11.4 Å². The molecular weight excluding hydrogens is 390 g/mol. The van der Waals surface area contributed by atoms with Crippen LogP contribution in [0.3, 0.4) is 0 Å². The highest BCUT2D eigenvalue weighted by Gasteiger charge is 2.15. The number of hydrogen-bond donors (Lipinski definition) is 2. The van der Waals surface area contributed by atoms with Gasteiger partial charge in [0.15, 0.2) is 5.82 Å². The van der Waals surface area contributed by atoms with E-state index in [1.165, 1.54) is 12.7 Å². The molecule has 2 N–H and O–H groups in total. The quantitative estimate of drug-likeness (QED) is 0.487. The Bertz CT molecular complexity index is 1330. The fraction of sp³-hybridized carbons (Fsp3) is 0.0833. The summed E-state index contributed by atoms with van der Waals surface area (Å²) in [7, 11) is 1.33. The highest BCUT2D eigenvalue weighted by molar-refractivity contribution is 5.95. The molecule has 31 heavy (non-hydrogen) atoms. The van der Waals surface area contributed by atoms with Gasteiger partial charge in [-0.3, -0.25) is 10.3 Å². The zero-order valence-electron chi connectivity index (χ0n) is 16.8. The van der Waals surface area contributed by atoms with Gasteiger partial charge < -0.3 is 10.1 Å². The van der Waals surface area contributed by atoms with E-state index in [1.807, 2.05) is 54.7 Å². The molecule has 1 amide bonds. The molecule has 3 aromatic carbocycles. The Kier molecular flexibility index (Phi) is 4.76. The zero-order valence-corrected chi connectivity index (χ0v) is 16.8. The standard InChI is InChI=1S/C24H19N5O2/c1-31-24(30)28-21-9-5-3-7-19(21)23-27-20-8-4-2-6-18(20)22(29-23)26-17-11-10-15-13-25-14-16(15)12-17/h2-12,14H,13H2,1H3,(H,28,30)(H,26,27,29). The van der Waals surface area contributed by atoms with E-state index < -0.39 is 6.09 Å². The van der Waals surface area contributed by atoms with Gasteiger partial charge in [0.2, 0.25) is 0 Å². The second kappa shape index (κ2) is 7.87. The number of amides is 1. The van der Waals surface area contributed by atoms with Gasteiger partial charge in [-0.25, -0.2) is 14.8 Å². The van der Waals surface area contributed by atoms with Crippen molar-refractivity contribution in [1.29, 1.82) is 0 Å². The Morgan fingerprint density at radius 3 is 2.74 bits per heavy atom. The molecule has 7 nitrogen and oxygen atoms in total. The van der Waals surface area contributed by atoms with Crippen molar-refractivity contribution in [2.24, 2.45) is 4.99 Å². The molecule has 5 rings (SSSR count). The number of hydrogen-bond acceptors (Lipinski definition) is 6. The summed E-state index contributed by atoms with van der Waals surface area (Å²) >= 11 is 0. The summed E-state index contributed by atoms with van der Waals surface area (Å²) in [6.07, 6.45) is 1.34. The van der Waals surface area contributed by atoms with E-state index in [2.05, 4.69) is 27.8 Å². The van der Waals surface area contributed by atoms with E-state index in [9.17, 15) is 4.79 Å². The van der Waals surface area contributed by atoms with Crippen molar-refractivity contribution in [3.05, 3.63) is 77.9 Å². The maximum atomic E-state index is 11.8. The highest BCUT2D eigenvalue weighted by Crippen LogP contribution is 2.31. The Labute approximate surface area is 178 Å². The third-order valence-corrected chi connectivity index (χ3v) is 5.09. The first-order valence-corrected chi connectivity index (χ1v) is 9.82. The van der Waals surface area contributed by atoms with Crippen LogP contribution in [0.15, 0.2) is 71.7 Å². The van der Waals surface area contributed by atoms with Gasteiger partial charge in [-0.2, -0.15) is 0 Å². The number of fused-ring (bicyclic) bond motifs is 2. The van der Waals surface area contributed by atoms with E-state index in [0.717, 1.165) is 28.7 Å². The third kappa shape index (κ3) is 3.69. The predicted molar refractivity (Wildman–Crippen MR) is 122 cm³/mol. The van der Waals surface area contributed by atoms with Crippen LogP contribution in [0.5, 0.6) is 0 Å². The SMILES string of the molecule is COC(=O)Nc1ccccc1-c1nc(Nc2ccc3c(c2)C=NC3)c2ccccc2n1. The molecule has 0 spiro atoms. The van der Waals surface area contributed by atoms with Crippen LogP contribution >= 0.6 is 0 Å². The van der Waals surface area contributed by atoms with Crippen molar-refractivity contribution < 1.29 is 9.53 Å². The smallest absolute Gasteiger partial charge is 0.411 e. The minimum atomic E-state index is -0.550. The number of nitrogens with zero attached hydrogens (tertiary/aromatic N) is 3. The number of anilines is 3. The van der Waals surface area contributed by atoms with Gasteiger partial charge in [0.1, 0.15) is 5.82 Å². The fourth-order valence-electron chi connectivity index (χ4n) is 3.56. The molecule has 0 radical (unpaired) electrons. The van der Waals surface area contributed by atoms with Gasteiger partial charge in [0.25, 0.3) is 0 Å². The Morgan fingerprint density at radius 2 is 1.84 bits per heavy atom.